The largest absolute Gasteiger partial charge is 0.467 e. The second-order valence-electron chi connectivity index (χ2n) is 8.52. The standard InChI is InChI=1S/C25H24FN3O6/c26-18-7-5-17(6-8-18)23(31)28-11-9-25(10-12-28)29(24(32)21-4-2-14-34-21)20(16-35-25)22(30)27-15-19-3-1-13-33-19/h1-8,13-14,20H,9-12,15-16H2,(H,27,30)/t20-/m0/s1. The average molecular weight is 481 g/mol. The molecule has 5 rings (SSSR count). The van der Waals surface area contributed by atoms with E-state index >= 15 is 0 Å². The molecule has 1 aromatic carbocycles. The first-order chi connectivity index (χ1) is 17.0. The van der Waals surface area contributed by atoms with Crippen LogP contribution in [0, 0.1) is 5.82 Å². The number of hydrogen-bond acceptors (Lipinski definition) is 6. The first-order valence-corrected chi connectivity index (χ1v) is 11.3. The molecule has 4 heterocycles. The average Bonchev–Trinajstić information content (AvgIpc) is 3.65. The fourth-order valence-corrected chi connectivity index (χ4v) is 4.63. The number of amides is 3. The Hall–Kier alpha value is -3.92. The highest BCUT2D eigenvalue weighted by molar-refractivity contribution is 5.97. The molecule has 35 heavy (non-hydrogen) atoms. The van der Waals surface area contributed by atoms with E-state index in [4.69, 9.17) is 13.6 Å². The summed E-state index contributed by atoms with van der Waals surface area (Å²) < 4.78 is 30.0. The normalized spacial score (nSPS) is 19.2. The lowest BCUT2D eigenvalue weighted by molar-refractivity contribution is -0.128. The monoisotopic (exact) mass is 481 g/mol. The van der Waals surface area contributed by atoms with Gasteiger partial charge in [-0.2, -0.15) is 0 Å². The van der Waals surface area contributed by atoms with Crippen molar-refractivity contribution < 1.29 is 32.3 Å². The number of nitrogens with zero attached hydrogens (tertiary/aromatic N) is 2. The lowest BCUT2D eigenvalue weighted by atomic mass is 9.96. The highest BCUT2D eigenvalue weighted by Crippen LogP contribution is 2.39. The minimum Gasteiger partial charge on any atom is -0.467 e. The summed E-state index contributed by atoms with van der Waals surface area (Å²) >= 11 is 0. The van der Waals surface area contributed by atoms with Crippen molar-refractivity contribution in [1.82, 2.24) is 15.1 Å². The van der Waals surface area contributed by atoms with E-state index in [1.165, 1.54) is 41.7 Å². The molecule has 1 spiro atoms. The van der Waals surface area contributed by atoms with E-state index in [0.717, 1.165) is 0 Å². The van der Waals surface area contributed by atoms with E-state index in [2.05, 4.69) is 5.32 Å². The quantitative estimate of drug-likeness (QED) is 0.601. The van der Waals surface area contributed by atoms with Gasteiger partial charge in [0.2, 0.25) is 5.91 Å². The number of hydrogen-bond donors (Lipinski definition) is 1. The highest BCUT2D eigenvalue weighted by Gasteiger charge is 2.54. The second-order valence-corrected chi connectivity index (χ2v) is 8.52. The molecule has 3 aromatic rings. The third-order valence-electron chi connectivity index (χ3n) is 6.45. The molecule has 182 valence electrons. The molecule has 10 heteroatoms. The van der Waals surface area contributed by atoms with E-state index in [0.29, 0.717) is 37.3 Å². The number of piperidine rings is 1. The van der Waals surface area contributed by atoms with Crippen molar-refractivity contribution >= 4 is 17.7 Å². The molecule has 2 aromatic heterocycles. The molecule has 2 saturated heterocycles. The molecule has 1 N–H and O–H groups in total. The van der Waals surface area contributed by atoms with E-state index in [-0.39, 0.29) is 30.7 Å². The van der Waals surface area contributed by atoms with Crippen molar-refractivity contribution in [3.05, 3.63) is 84.0 Å². The Kier molecular flexibility index (Phi) is 6.12. The number of rotatable bonds is 5. The Labute approximate surface area is 200 Å². The molecular weight excluding hydrogens is 457 g/mol. The number of likely N-dealkylation sites (tertiary alicyclic amines) is 1. The lowest BCUT2D eigenvalue weighted by Crippen LogP contribution is -2.59. The molecule has 0 radical (unpaired) electrons. The predicted molar refractivity (Wildman–Crippen MR) is 119 cm³/mol. The molecule has 0 aliphatic carbocycles. The van der Waals surface area contributed by atoms with Crippen molar-refractivity contribution in [1.29, 1.82) is 0 Å². The van der Waals surface area contributed by atoms with Crippen molar-refractivity contribution in [2.75, 3.05) is 19.7 Å². The van der Waals surface area contributed by atoms with E-state index in [9.17, 15) is 18.8 Å². The van der Waals surface area contributed by atoms with Gasteiger partial charge in [0.15, 0.2) is 5.76 Å². The number of carbonyl (C=O) groups is 3. The van der Waals surface area contributed by atoms with Gasteiger partial charge < -0.3 is 23.8 Å². The van der Waals surface area contributed by atoms with Crippen molar-refractivity contribution in [3.63, 3.8) is 0 Å². The lowest BCUT2D eigenvalue weighted by Gasteiger charge is -2.44. The number of benzene rings is 1. The van der Waals surface area contributed by atoms with Crippen LogP contribution < -0.4 is 5.32 Å². The third-order valence-corrected chi connectivity index (χ3v) is 6.45. The minimum absolute atomic E-state index is 0.0162. The predicted octanol–water partition coefficient (Wildman–Crippen LogP) is 2.80. The van der Waals surface area contributed by atoms with Gasteiger partial charge in [-0.1, -0.05) is 0 Å². The van der Waals surface area contributed by atoms with Gasteiger partial charge >= 0.3 is 0 Å². The number of carbonyl (C=O) groups excluding carboxylic acids is 3. The van der Waals surface area contributed by atoms with Crippen LogP contribution in [0.15, 0.2) is 69.9 Å². The summed E-state index contributed by atoms with van der Waals surface area (Å²) in [6.07, 6.45) is 3.54. The molecule has 2 aliphatic rings. The molecule has 0 bridgehead atoms. The van der Waals surface area contributed by atoms with Gasteiger partial charge in [-0.25, -0.2) is 4.39 Å². The van der Waals surface area contributed by atoms with Crippen LogP contribution in [-0.4, -0.2) is 59.0 Å². The molecule has 2 fully saturated rings. The number of ether oxygens (including phenoxy) is 1. The summed E-state index contributed by atoms with van der Waals surface area (Å²) in [5.74, 6) is -0.782. The molecular formula is C25H24FN3O6. The fourth-order valence-electron chi connectivity index (χ4n) is 4.63. The maximum atomic E-state index is 13.4. The number of furan rings is 2. The Morgan fingerprint density at radius 1 is 0.971 bits per heavy atom. The smallest absolute Gasteiger partial charge is 0.292 e. The summed E-state index contributed by atoms with van der Waals surface area (Å²) in [4.78, 5) is 42.5. The van der Waals surface area contributed by atoms with Crippen LogP contribution in [0.25, 0.3) is 0 Å². The maximum Gasteiger partial charge on any atom is 0.292 e. The molecule has 0 saturated carbocycles. The zero-order chi connectivity index (χ0) is 24.4. The molecule has 2 aliphatic heterocycles. The molecule has 0 unspecified atom stereocenters. The van der Waals surface area contributed by atoms with Crippen LogP contribution in [0.5, 0.6) is 0 Å². The molecule has 3 amide bonds. The van der Waals surface area contributed by atoms with Gasteiger partial charge in [0.1, 0.15) is 23.3 Å². The molecule has 1 atom stereocenters. The van der Waals surface area contributed by atoms with Crippen LogP contribution in [-0.2, 0) is 16.1 Å². The van der Waals surface area contributed by atoms with Crippen LogP contribution in [0.1, 0.15) is 39.5 Å². The fraction of sp³-hybridized carbons (Fsp3) is 0.320. The Morgan fingerprint density at radius 2 is 1.69 bits per heavy atom. The van der Waals surface area contributed by atoms with Crippen LogP contribution in [0.3, 0.4) is 0 Å². The first-order valence-electron chi connectivity index (χ1n) is 11.3. The van der Waals surface area contributed by atoms with E-state index in [1.54, 1.807) is 29.2 Å². The topological polar surface area (TPSA) is 105 Å². The Balaban J connectivity index is 1.33. The Morgan fingerprint density at radius 3 is 2.34 bits per heavy atom. The zero-order valence-corrected chi connectivity index (χ0v) is 18.8. The maximum absolute atomic E-state index is 13.4. The van der Waals surface area contributed by atoms with Gasteiger partial charge in [-0.15, -0.1) is 0 Å². The van der Waals surface area contributed by atoms with Crippen molar-refractivity contribution in [3.8, 4) is 0 Å². The van der Waals surface area contributed by atoms with Gasteiger partial charge in [-0.05, 0) is 48.5 Å². The van der Waals surface area contributed by atoms with Crippen LogP contribution in [0.4, 0.5) is 4.39 Å². The molecule has 9 nitrogen and oxygen atoms in total. The highest BCUT2D eigenvalue weighted by atomic mass is 19.1. The minimum atomic E-state index is -1.06. The third kappa shape index (κ3) is 4.44. The number of halogens is 1. The van der Waals surface area contributed by atoms with Crippen molar-refractivity contribution in [2.24, 2.45) is 0 Å². The van der Waals surface area contributed by atoms with Crippen LogP contribution in [0.2, 0.25) is 0 Å². The first kappa shape index (κ1) is 22.9. The summed E-state index contributed by atoms with van der Waals surface area (Å²) in [6.45, 7) is 0.804. The summed E-state index contributed by atoms with van der Waals surface area (Å²) in [5, 5.41) is 2.80. The van der Waals surface area contributed by atoms with Gasteiger partial charge in [0.05, 0.1) is 25.7 Å². The van der Waals surface area contributed by atoms with Crippen molar-refractivity contribution in [2.45, 2.75) is 31.2 Å². The van der Waals surface area contributed by atoms with E-state index in [1.807, 2.05) is 0 Å². The van der Waals surface area contributed by atoms with Gasteiger partial charge in [0, 0.05) is 31.5 Å². The van der Waals surface area contributed by atoms with Crippen LogP contribution >= 0.6 is 0 Å². The van der Waals surface area contributed by atoms with Gasteiger partial charge in [0.25, 0.3) is 11.8 Å². The zero-order valence-electron chi connectivity index (χ0n) is 18.8. The Bertz CT molecular complexity index is 1180. The number of nitrogens with one attached hydrogen (secondary N) is 1. The van der Waals surface area contributed by atoms with E-state index < -0.39 is 23.5 Å². The second kappa shape index (κ2) is 9.38. The van der Waals surface area contributed by atoms with Gasteiger partial charge in [-0.3, -0.25) is 19.3 Å². The summed E-state index contributed by atoms with van der Waals surface area (Å²) in [6, 6.07) is 11.1. The SMILES string of the molecule is O=C(NCc1ccco1)[C@@H]1COC2(CCN(C(=O)c3ccc(F)cc3)CC2)N1C(=O)c1ccco1. The summed E-state index contributed by atoms with van der Waals surface area (Å²) in [7, 11) is 0. The summed E-state index contributed by atoms with van der Waals surface area (Å²) in [5.41, 5.74) is -0.677.